The van der Waals surface area contributed by atoms with E-state index in [-0.39, 0.29) is 0 Å². The van der Waals surface area contributed by atoms with Crippen LogP contribution in [0.4, 0.5) is 5.82 Å². The molecule has 0 amide bonds. The fraction of sp³-hybridized carbons (Fsp3) is 0.400. The minimum absolute atomic E-state index is 0.603. The molecular weight excluding hydrogens is 180 g/mol. The fourth-order valence-corrected chi connectivity index (χ4v) is 1.15. The third kappa shape index (κ3) is 2.53. The number of ether oxygens (including phenoxy) is 1. The molecule has 0 aliphatic rings. The molecule has 0 atom stereocenters. The van der Waals surface area contributed by atoms with Crippen molar-refractivity contribution in [3.63, 3.8) is 0 Å². The fourth-order valence-electron chi connectivity index (χ4n) is 1.15. The Morgan fingerprint density at radius 3 is 3.07 bits per heavy atom. The van der Waals surface area contributed by atoms with Crippen LogP contribution in [0.3, 0.4) is 0 Å². The maximum atomic E-state index is 10.7. The molecule has 0 saturated heterocycles. The monoisotopic (exact) mass is 194 g/mol. The molecule has 1 aromatic heterocycles. The van der Waals surface area contributed by atoms with E-state index in [1.807, 2.05) is 11.9 Å². The highest BCUT2D eigenvalue weighted by molar-refractivity contribution is 5.82. The van der Waals surface area contributed by atoms with Crippen molar-refractivity contribution in [2.75, 3.05) is 32.2 Å². The van der Waals surface area contributed by atoms with E-state index in [1.54, 1.807) is 25.4 Å². The van der Waals surface area contributed by atoms with Crippen LogP contribution in [0.5, 0.6) is 0 Å². The van der Waals surface area contributed by atoms with Gasteiger partial charge in [0.05, 0.1) is 12.2 Å². The van der Waals surface area contributed by atoms with Crippen molar-refractivity contribution in [3.8, 4) is 0 Å². The van der Waals surface area contributed by atoms with E-state index >= 15 is 0 Å². The molecule has 76 valence electrons. The molecule has 1 rings (SSSR count). The third-order valence-electron chi connectivity index (χ3n) is 1.94. The largest absolute Gasteiger partial charge is 0.383 e. The van der Waals surface area contributed by atoms with Crippen molar-refractivity contribution >= 4 is 12.1 Å². The van der Waals surface area contributed by atoms with E-state index in [2.05, 4.69) is 4.98 Å². The molecule has 14 heavy (non-hydrogen) atoms. The summed E-state index contributed by atoms with van der Waals surface area (Å²) in [4.78, 5) is 16.7. The zero-order valence-corrected chi connectivity index (χ0v) is 8.43. The average Bonchev–Trinajstić information content (AvgIpc) is 2.25. The number of hydrogen-bond acceptors (Lipinski definition) is 4. The van der Waals surface area contributed by atoms with E-state index in [4.69, 9.17) is 4.74 Å². The van der Waals surface area contributed by atoms with E-state index < -0.39 is 0 Å². The van der Waals surface area contributed by atoms with Gasteiger partial charge in [-0.3, -0.25) is 4.79 Å². The Morgan fingerprint density at radius 2 is 2.43 bits per heavy atom. The summed E-state index contributed by atoms with van der Waals surface area (Å²) in [5, 5.41) is 0. The normalized spacial score (nSPS) is 9.86. The highest BCUT2D eigenvalue weighted by atomic mass is 16.5. The number of carbonyl (C=O) groups excluding carboxylic acids is 1. The van der Waals surface area contributed by atoms with Gasteiger partial charge in [-0.05, 0) is 12.1 Å². The molecule has 0 bridgehead atoms. The van der Waals surface area contributed by atoms with Gasteiger partial charge in [-0.1, -0.05) is 0 Å². The molecule has 0 unspecified atom stereocenters. The van der Waals surface area contributed by atoms with Gasteiger partial charge in [-0.15, -0.1) is 0 Å². The van der Waals surface area contributed by atoms with Crippen molar-refractivity contribution in [1.82, 2.24) is 4.98 Å². The number of carbonyl (C=O) groups is 1. The molecule has 4 nitrogen and oxygen atoms in total. The second-order valence-electron chi connectivity index (χ2n) is 2.95. The number of nitrogens with zero attached hydrogens (tertiary/aromatic N) is 2. The number of pyridine rings is 1. The van der Waals surface area contributed by atoms with Crippen LogP contribution in [0.2, 0.25) is 0 Å². The molecule has 0 saturated carbocycles. The summed E-state index contributed by atoms with van der Waals surface area (Å²) in [7, 11) is 3.53. The van der Waals surface area contributed by atoms with Crippen molar-refractivity contribution in [2.24, 2.45) is 0 Å². The van der Waals surface area contributed by atoms with Crippen LogP contribution in [0.1, 0.15) is 10.4 Å². The summed E-state index contributed by atoms with van der Waals surface area (Å²) < 4.78 is 4.95. The molecular formula is C10H14N2O2. The maximum absolute atomic E-state index is 10.7. The van der Waals surface area contributed by atoms with Gasteiger partial charge < -0.3 is 9.64 Å². The molecule has 0 fully saturated rings. The molecule has 0 N–H and O–H groups in total. The number of aromatic nitrogens is 1. The zero-order chi connectivity index (χ0) is 10.4. The topological polar surface area (TPSA) is 42.4 Å². The number of anilines is 1. The molecule has 0 spiro atoms. The predicted molar refractivity (Wildman–Crippen MR) is 54.8 cm³/mol. The van der Waals surface area contributed by atoms with Gasteiger partial charge in [0.25, 0.3) is 0 Å². The second-order valence-corrected chi connectivity index (χ2v) is 2.95. The van der Waals surface area contributed by atoms with Crippen LogP contribution < -0.4 is 4.90 Å². The smallest absolute Gasteiger partial charge is 0.153 e. The van der Waals surface area contributed by atoms with E-state index in [1.165, 1.54) is 0 Å². The Kier molecular flexibility index (Phi) is 4.07. The molecule has 0 aromatic carbocycles. The summed E-state index contributed by atoms with van der Waals surface area (Å²) in [5.41, 5.74) is 0.603. The van der Waals surface area contributed by atoms with Gasteiger partial charge in [0.2, 0.25) is 0 Å². The van der Waals surface area contributed by atoms with Crippen molar-refractivity contribution in [1.29, 1.82) is 0 Å². The van der Waals surface area contributed by atoms with Crippen LogP contribution in [0.25, 0.3) is 0 Å². The minimum atomic E-state index is 0.603. The van der Waals surface area contributed by atoms with Crippen LogP contribution in [-0.4, -0.2) is 38.6 Å². The number of likely N-dealkylation sites (N-methyl/N-ethyl adjacent to an activating group) is 1. The lowest BCUT2D eigenvalue weighted by Crippen LogP contribution is -2.24. The lowest BCUT2D eigenvalue weighted by Gasteiger charge is -2.18. The van der Waals surface area contributed by atoms with Gasteiger partial charge in [-0.2, -0.15) is 0 Å². The van der Waals surface area contributed by atoms with Crippen molar-refractivity contribution in [2.45, 2.75) is 0 Å². The van der Waals surface area contributed by atoms with Gasteiger partial charge in [0, 0.05) is 26.9 Å². The van der Waals surface area contributed by atoms with Gasteiger partial charge >= 0.3 is 0 Å². The van der Waals surface area contributed by atoms with Gasteiger partial charge in [0.15, 0.2) is 6.29 Å². The first-order chi connectivity index (χ1) is 6.79. The standard InChI is InChI=1S/C10H14N2O2/c1-12(6-7-14-2)10-9(8-13)4-3-5-11-10/h3-5,8H,6-7H2,1-2H3. The lowest BCUT2D eigenvalue weighted by molar-refractivity contribution is 0.112. The molecule has 4 heteroatoms. The SMILES string of the molecule is COCCN(C)c1ncccc1C=O. The van der Waals surface area contributed by atoms with Crippen LogP contribution in [-0.2, 0) is 4.74 Å². The first-order valence-electron chi connectivity index (χ1n) is 4.40. The molecule has 0 aliphatic heterocycles. The number of aldehydes is 1. The first-order valence-corrected chi connectivity index (χ1v) is 4.40. The van der Waals surface area contributed by atoms with E-state index in [0.29, 0.717) is 24.5 Å². The van der Waals surface area contributed by atoms with Gasteiger partial charge in [0.1, 0.15) is 5.82 Å². The van der Waals surface area contributed by atoms with E-state index in [9.17, 15) is 4.79 Å². The Morgan fingerprint density at radius 1 is 1.64 bits per heavy atom. The quantitative estimate of drug-likeness (QED) is 0.655. The molecule has 0 aliphatic carbocycles. The van der Waals surface area contributed by atoms with Crippen molar-refractivity contribution < 1.29 is 9.53 Å². The van der Waals surface area contributed by atoms with E-state index in [0.717, 1.165) is 6.29 Å². The zero-order valence-electron chi connectivity index (χ0n) is 8.43. The number of rotatable bonds is 5. The lowest BCUT2D eigenvalue weighted by atomic mass is 10.2. The molecule has 1 heterocycles. The third-order valence-corrected chi connectivity index (χ3v) is 1.94. The highest BCUT2D eigenvalue weighted by Gasteiger charge is 2.06. The Balaban J connectivity index is 2.77. The molecule has 1 aromatic rings. The average molecular weight is 194 g/mol. The summed E-state index contributed by atoms with van der Waals surface area (Å²) in [6.45, 7) is 1.33. The minimum Gasteiger partial charge on any atom is -0.383 e. The van der Waals surface area contributed by atoms with Crippen molar-refractivity contribution in [3.05, 3.63) is 23.9 Å². The van der Waals surface area contributed by atoms with Crippen LogP contribution in [0.15, 0.2) is 18.3 Å². The Hall–Kier alpha value is -1.42. The predicted octanol–water partition coefficient (Wildman–Crippen LogP) is 0.977. The Labute approximate surface area is 83.5 Å². The number of methoxy groups -OCH3 is 1. The Bertz CT molecular complexity index is 302. The van der Waals surface area contributed by atoms with Gasteiger partial charge in [-0.25, -0.2) is 4.98 Å². The van der Waals surface area contributed by atoms with Crippen LogP contribution in [0, 0.1) is 0 Å². The summed E-state index contributed by atoms with van der Waals surface area (Å²) in [6, 6.07) is 3.50. The number of hydrogen-bond donors (Lipinski definition) is 0. The molecule has 0 radical (unpaired) electrons. The maximum Gasteiger partial charge on any atom is 0.153 e. The second kappa shape index (κ2) is 5.34. The van der Waals surface area contributed by atoms with Crippen LogP contribution >= 0.6 is 0 Å². The summed E-state index contributed by atoms with van der Waals surface area (Å²) in [6.07, 6.45) is 2.48. The summed E-state index contributed by atoms with van der Waals surface area (Å²) in [5.74, 6) is 0.694. The summed E-state index contributed by atoms with van der Waals surface area (Å²) >= 11 is 0. The first kappa shape index (κ1) is 10.7. The highest BCUT2D eigenvalue weighted by Crippen LogP contribution is 2.12.